The highest BCUT2D eigenvalue weighted by Gasteiger charge is 2.42. The first-order valence-electron chi connectivity index (χ1n) is 4.79. The fourth-order valence-corrected chi connectivity index (χ4v) is 1.48. The second-order valence-electron chi connectivity index (χ2n) is 3.73. The Balaban J connectivity index is 2.70. The number of hydrogen-bond donors (Lipinski definition) is 0. The van der Waals surface area contributed by atoms with Crippen molar-refractivity contribution in [3.8, 4) is 0 Å². The Morgan fingerprint density at radius 3 is 2.43 bits per heavy atom. The summed E-state index contributed by atoms with van der Waals surface area (Å²) in [6, 6.07) is -0.933. The number of carbonyl (C=O) groups excluding carboxylic acids is 2. The normalized spacial score (nSPS) is 24.7. The zero-order valence-electron chi connectivity index (χ0n) is 8.66. The number of carbonyl (C=O) groups is 2. The number of urea groups is 1. The van der Waals surface area contributed by atoms with Gasteiger partial charge in [-0.1, -0.05) is 20.3 Å². The van der Waals surface area contributed by atoms with Gasteiger partial charge in [0.15, 0.2) is 0 Å². The second kappa shape index (κ2) is 4.17. The fourth-order valence-electron chi connectivity index (χ4n) is 1.31. The fraction of sp³-hybridized carbons (Fsp3) is 0.778. The molecule has 0 aliphatic carbocycles. The number of nitrogens with zero attached hydrogens (tertiary/aromatic N) is 2. The maximum absolute atomic E-state index is 11.6. The van der Waals surface area contributed by atoms with E-state index in [1.807, 2.05) is 13.8 Å². The molecular weight excluding hydrogens is 204 g/mol. The van der Waals surface area contributed by atoms with Crippen molar-refractivity contribution in [2.75, 3.05) is 6.54 Å². The summed E-state index contributed by atoms with van der Waals surface area (Å²) in [4.78, 5) is 24.3. The average Bonchev–Trinajstić information content (AvgIpc) is 2.35. The Hall–Kier alpha value is -0.770. The molecule has 0 bridgehead atoms. The van der Waals surface area contributed by atoms with Gasteiger partial charge < -0.3 is 0 Å². The van der Waals surface area contributed by atoms with E-state index >= 15 is 0 Å². The zero-order chi connectivity index (χ0) is 10.9. The molecule has 1 aliphatic heterocycles. The van der Waals surface area contributed by atoms with Gasteiger partial charge >= 0.3 is 6.03 Å². The molecule has 2 atom stereocenters. The highest BCUT2D eigenvalue weighted by atomic mass is 35.5. The van der Waals surface area contributed by atoms with Gasteiger partial charge in [0, 0.05) is 18.3 Å². The monoisotopic (exact) mass is 218 g/mol. The van der Waals surface area contributed by atoms with Crippen LogP contribution < -0.4 is 0 Å². The number of hydrogen-bond acceptors (Lipinski definition) is 2. The number of rotatable bonds is 3. The molecule has 80 valence electrons. The first kappa shape index (κ1) is 11.3. The molecule has 0 radical (unpaired) electrons. The predicted molar refractivity (Wildman–Crippen MR) is 53.7 cm³/mol. The van der Waals surface area contributed by atoms with Crippen LogP contribution in [0.3, 0.4) is 0 Å². The quantitative estimate of drug-likeness (QED) is 0.536. The molecule has 14 heavy (non-hydrogen) atoms. The van der Waals surface area contributed by atoms with Crippen LogP contribution in [0, 0.1) is 5.92 Å². The first-order chi connectivity index (χ1) is 6.49. The van der Waals surface area contributed by atoms with Crippen molar-refractivity contribution >= 4 is 23.7 Å². The van der Waals surface area contributed by atoms with Crippen molar-refractivity contribution in [2.45, 2.75) is 33.2 Å². The van der Waals surface area contributed by atoms with E-state index in [0.717, 1.165) is 10.8 Å². The molecule has 0 N–H and O–H groups in total. The van der Waals surface area contributed by atoms with E-state index in [9.17, 15) is 9.59 Å². The SMILES string of the molecule is CCC(C)CN1C(=O)C(C)N(Cl)C1=O. The van der Waals surface area contributed by atoms with Gasteiger partial charge in [0.05, 0.1) is 0 Å². The molecule has 0 saturated carbocycles. The molecule has 4 nitrogen and oxygen atoms in total. The lowest BCUT2D eigenvalue weighted by Crippen LogP contribution is -2.34. The van der Waals surface area contributed by atoms with Crippen molar-refractivity contribution in [3.05, 3.63) is 0 Å². The molecule has 1 saturated heterocycles. The van der Waals surface area contributed by atoms with Crippen LogP contribution in [0.2, 0.25) is 0 Å². The van der Waals surface area contributed by atoms with Crippen molar-refractivity contribution in [1.82, 2.24) is 9.32 Å². The van der Waals surface area contributed by atoms with E-state index in [0.29, 0.717) is 12.5 Å². The van der Waals surface area contributed by atoms with E-state index in [1.165, 1.54) is 4.90 Å². The third kappa shape index (κ3) is 1.85. The molecule has 0 aromatic rings. The van der Waals surface area contributed by atoms with E-state index in [2.05, 4.69) is 0 Å². The lowest BCUT2D eigenvalue weighted by molar-refractivity contribution is -0.127. The minimum Gasteiger partial charge on any atom is -0.272 e. The van der Waals surface area contributed by atoms with Crippen molar-refractivity contribution < 1.29 is 9.59 Å². The van der Waals surface area contributed by atoms with Crippen LogP contribution in [0.15, 0.2) is 0 Å². The smallest absolute Gasteiger partial charge is 0.272 e. The van der Waals surface area contributed by atoms with Crippen LogP contribution in [0.5, 0.6) is 0 Å². The van der Waals surface area contributed by atoms with Crippen LogP contribution in [0.4, 0.5) is 4.79 Å². The van der Waals surface area contributed by atoms with Crippen molar-refractivity contribution in [3.63, 3.8) is 0 Å². The van der Waals surface area contributed by atoms with Crippen LogP contribution in [-0.4, -0.2) is 33.8 Å². The molecule has 0 spiro atoms. The molecule has 5 heteroatoms. The minimum atomic E-state index is -0.534. The van der Waals surface area contributed by atoms with Gasteiger partial charge in [-0.15, -0.1) is 0 Å². The van der Waals surface area contributed by atoms with Crippen LogP contribution in [0.25, 0.3) is 0 Å². The largest absolute Gasteiger partial charge is 0.342 e. The summed E-state index contributed by atoms with van der Waals surface area (Å²) < 4.78 is 0.963. The van der Waals surface area contributed by atoms with Crippen molar-refractivity contribution in [2.24, 2.45) is 5.92 Å². The predicted octanol–water partition coefficient (Wildman–Crippen LogP) is 1.84. The lowest BCUT2D eigenvalue weighted by atomic mass is 10.1. The topological polar surface area (TPSA) is 40.6 Å². The molecule has 0 aromatic carbocycles. The average molecular weight is 219 g/mol. The van der Waals surface area contributed by atoms with E-state index in [-0.39, 0.29) is 5.91 Å². The Labute approximate surface area is 88.9 Å². The molecule has 3 amide bonds. The summed E-state index contributed by atoms with van der Waals surface area (Å²) >= 11 is 5.65. The molecule has 1 rings (SSSR count). The number of imide groups is 1. The van der Waals surface area contributed by atoms with Gasteiger partial charge in [0.2, 0.25) is 0 Å². The molecular formula is C9H15ClN2O2. The molecule has 0 aromatic heterocycles. The summed E-state index contributed by atoms with van der Waals surface area (Å²) in [6.45, 7) is 6.12. The third-order valence-electron chi connectivity index (χ3n) is 2.57. The molecule has 2 unspecified atom stereocenters. The van der Waals surface area contributed by atoms with Crippen LogP contribution >= 0.6 is 11.8 Å². The van der Waals surface area contributed by atoms with Crippen molar-refractivity contribution in [1.29, 1.82) is 0 Å². The standard InChI is InChI=1S/C9H15ClN2O2/c1-4-6(2)5-11-8(13)7(3)12(10)9(11)14/h6-7H,4-5H2,1-3H3. The van der Waals surface area contributed by atoms with Gasteiger partial charge in [-0.05, 0) is 12.8 Å². The third-order valence-corrected chi connectivity index (χ3v) is 3.01. The number of amides is 3. The van der Waals surface area contributed by atoms with Gasteiger partial charge in [-0.25, -0.2) is 9.21 Å². The molecule has 1 aliphatic rings. The van der Waals surface area contributed by atoms with Gasteiger partial charge in [-0.2, -0.15) is 0 Å². The Morgan fingerprint density at radius 1 is 1.50 bits per heavy atom. The Morgan fingerprint density at radius 2 is 2.07 bits per heavy atom. The minimum absolute atomic E-state index is 0.203. The first-order valence-corrected chi connectivity index (χ1v) is 5.13. The summed E-state index contributed by atoms with van der Waals surface area (Å²) in [5.74, 6) is 0.114. The Bertz CT molecular complexity index is 237. The van der Waals surface area contributed by atoms with Crippen LogP contribution in [0.1, 0.15) is 27.2 Å². The van der Waals surface area contributed by atoms with E-state index in [4.69, 9.17) is 11.8 Å². The Kier molecular flexibility index (Phi) is 3.37. The summed E-state index contributed by atoms with van der Waals surface area (Å²) in [7, 11) is 0. The highest BCUT2D eigenvalue weighted by Crippen LogP contribution is 2.21. The number of halogens is 1. The highest BCUT2D eigenvalue weighted by molar-refractivity contribution is 6.26. The van der Waals surface area contributed by atoms with Gasteiger partial charge in [0.1, 0.15) is 6.04 Å². The molecule has 1 fully saturated rings. The maximum Gasteiger partial charge on any atom is 0.342 e. The van der Waals surface area contributed by atoms with Gasteiger partial charge in [-0.3, -0.25) is 9.69 Å². The van der Waals surface area contributed by atoms with E-state index < -0.39 is 12.1 Å². The summed E-state index contributed by atoms with van der Waals surface area (Å²) in [6.07, 6.45) is 0.938. The summed E-state index contributed by atoms with van der Waals surface area (Å²) in [5, 5.41) is 0. The van der Waals surface area contributed by atoms with Gasteiger partial charge in [0.25, 0.3) is 5.91 Å². The summed E-state index contributed by atoms with van der Waals surface area (Å²) in [5.41, 5.74) is 0. The van der Waals surface area contributed by atoms with E-state index in [1.54, 1.807) is 6.92 Å². The maximum atomic E-state index is 11.6. The second-order valence-corrected chi connectivity index (χ2v) is 4.10. The van der Waals surface area contributed by atoms with Crippen LogP contribution in [-0.2, 0) is 4.79 Å². The molecule has 1 heterocycles. The lowest BCUT2D eigenvalue weighted by Gasteiger charge is -2.16. The zero-order valence-corrected chi connectivity index (χ0v) is 9.41.